The van der Waals surface area contributed by atoms with Gasteiger partial charge in [0.1, 0.15) is 11.3 Å². The minimum atomic E-state index is -0.504. The van der Waals surface area contributed by atoms with Crippen LogP contribution in [0.2, 0.25) is 0 Å². The number of hydrogen-bond donors (Lipinski definition) is 1. The summed E-state index contributed by atoms with van der Waals surface area (Å²) in [5.41, 5.74) is 1.14. The van der Waals surface area contributed by atoms with Crippen molar-refractivity contribution in [1.29, 1.82) is 0 Å². The number of hydrogen-bond acceptors (Lipinski definition) is 6. The third kappa shape index (κ3) is 5.28. The first-order valence-corrected chi connectivity index (χ1v) is 8.45. The Balaban J connectivity index is 2.11. The summed E-state index contributed by atoms with van der Waals surface area (Å²) in [4.78, 5) is 22.4. The van der Waals surface area contributed by atoms with Crippen molar-refractivity contribution in [2.75, 3.05) is 18.0 Å². The van der Waals surface area contributed by atoms with Crippen LogP contribution in [0.4, 0.5) is 16.2 Å². The molecule has 2 heterocycles. The molecular formula is C17H24N4O2S. The zero-order valence-corrected chi connectivity index (χ0v) is 15.4. The average Bonchev–Trinajstić information content (AvgIpc) is 2.45. The first-order valence-electron chi connectivity index (χ1n) is 8.05. The number of thiocarbonyl (C=S) groups is 1. The van der Waals surface area contributed by atoms with E-state index >= 15 is 0 Å². The first kappa shape index (κ1) is 18.4. The van der Waals surface area contributed by atoms with Gasteiger partial charge in [0.05, 0.1) is 17.0 Å². The summed E-state index contributed by atoms with van der Waals surface area (Å²) in [6, 6.07) is 1.93. The largest absolute Gasteiger partial charge is 0.444 e. The van der Waals surface area contributed by atoms with Crippen LogP contribution < -0.4 is 10.2 Å². The highest BCUT2D eigenvalue weighted by molar-refractivity contribution is 7.78. The molecule has 1 aromatic rings. The van der Waals surface area contributed by atoms with Gasteiger partial charge < -0.3 is 15.0 Å². The van der Waals surface area contributed by atoms with Crippen molar-refractivity contribution >= 4 is 34.8 Å². The number of amides is 1. The minimum Gasteiger partial charge on any atom is -0.444 e. The van der Waals surface area contributed by atoms with E-state index in [1.54, 1.807) is 12.4 Å². The van der Waals surface area contributed by atoms with Crippen molar-refractivity contribution in [3.63, 3.8) is 0 Å². The highest BCUT2D eigenvalue weighted by Crippen LogP contribution is 2.30. The van der Waals surface area contributed by atoms with Crippen LogP contribution in [0.5, 0.6) is 0 Å². The molecule has 1 fully saturated rings. The Kier molecular flexibility index (Phi) is 5.91. The van der Waals surface area contributed by atoms with Crippen molar-refractivity contribution in [2.45, 2.75) is 45.8 Å². The second-order valence-corrected chi connectivity index (χ2v) is 7.34. The van der Waals surface area contributed by atoms with E-state index < -0.39 is 5.60 Å². The molecule has 0 aromatic carbocycles. The number of anilines is 1. The lowest BCUT2D eigenvalue weighted by Crippen LogP contribution is -2.51. The Morgan fingerprint density at radius 2 is 2.25 bits per heavy atom. The monoisotopic (exact) mass is 348 g/mol. The van der Waals surface area contributed by atoms with Crippen LogP contribution in [0.15, 0.2) is 23.5 Å². The molecule has 130 valence electrons. The molecule has 2 rings (SSSR count). The van der Waals surface area contributed by atoms with Crippen molar-refractivity contribution in [1.82, 2.24) is 10.3 Å². The molecule has 6 nitrogen and oxygen atoms in total. The fourth-order valence-corrected chi connectivity index (χ4v) is 3.01. The maximum absolute atomic E-state index is 12.0. The van der Waals surface area contributed by atoms with Gasteiger partial charge in [-0.2, -0.15) is 4.99 Å². The Hall–Kier alpha value is -1.98. The van der Waals surface area contributed by atoms with E-state index in [0.717, 1.165) is 18.7 Å². The zero-order chi connectivity index (χ0) is 17.7. The normalized spacial score (nSPS) is 20.9. The van der Waals surface area contributed by atoms with Crippen LogP contribution in [0, 0.1) is 5.92 Å². The highest BCUT2D eigenvalue weighted by atomic mass is 32.1. The maximum atomic E-state index is 12.0. The Labute approximate surface area is 148 Å². The number of nitrogens with zero attached hydrogens (tertiary/aromatic N) is 3. The molecule has 1 amide bonds. The molecule has 0 saturated carbocycles. The van der Waals surface area contributed by atoms with E-state index in [4.69, 9.17) is 17.0 Å². The smallest absolute Gasteiger partial charge is 0.407 e. The molecule has 1 aliphatic rings. The number of aromatic nitrogens is 1. The van der Waals surface area contributed by atoms with Crippen molar-refractivity contribution in [3.8, 4) is 0 Å². The lowest BCUT2D eigenvalue weighted by Gasteiger charge is -2.38. The Bertz CT molecular complexity index is 638. The zero-order valence-electron chi connectivity index (χ0n) is 14.6. The number of rotatable bonds is 3. The number of carbonyl (C=O) groups excluding carboxylic acids is 1. The van der Waals surface area contributed by atoms with Gasteiger partial charge >= 0.3 is 6.09 Å². The quantitative estimate of drug-likeness (QED) is 0.668. The van der Waals surface area contributed by atoms with Gasteiger partial charge in [0.2, 0.25) is 0 Å². The fourth-order valence-electron chi connectivity index (χ4n) is 2.91. The summed E-state index contributed by atoms with van der Waals surface area (Å²) in [7, 11) is 0. The van der Waals surface area contributed by atoms with Crippen molar-refractivity contribution in [3.05, 3.63) is 18.5 Å². The molecule has 1 saturated heterocycles. The standard InChI is InChI=1S/C17H24N4O2S/c1-12-7-13(20-16(22)23-17(2,3)4)10-21(9-12)15-5-6-18-8-14(15)19-11-24/h5-6,8,12-13H,7,9-10H2,1-4H3,(H,20,22)/t12-,13-/m0/s1. The SMILES string of the molecule is C[C@H]1C[C@H](NC(=O)OC(C)(C)C)CN(c2ccncc2N=C=S)C1. The molecule has 0 aliphatic carbocycles. The molecule has 0 radical (unpaired) electrons. The number of aliphatic imine (C=N–C) groups is 1. The molecule has 24 heavy (non-hydrogen) atoms. The summed E-state index contributed by atoms with van der Waals surface area (Å²) < 4.78 is 5.36. The number of alkyl carbamates (subject to hydrolysis) is 1. The van der Waals surface area contributed by atoms with Crippen molar-refractivity contribution < 1.29 is 9.53 Å². The lowest BCUT2D eigenvalue weighted by atomic mass is 9.95. The molecule has 1 aromatic heterocycles. The summed E-state index contributed by atoms with van der Waals surface area (Å²) in [5, 5.41) is 5.37. The van der Waals surface area contributed by atoms with Crippen LogP contribution in [0.1, 0.15) is 34.1 Å². The first-order chi connectivity index (χ1) is 11.3. The second kappa shape index (κ2) is 7.73. The Morgan fingerprint density at radius 1 is 1.50 bits per heavy atom. The molecule has 7 heteroatoms. The predicted molar refractivity (Wildman–Crippen MR) is 98.1 cm³/mol. The van der Waals surface area contributed by atoms with Gasteiger partial charge in [-0.05, 0) is 51.4 Å². The topological polar surface area (TPSA) is 66.8 Å². The van der Waals surface area contributed by atoms with E-state index in [1.807, 2.05) is 26.8 Å². The van der Waals surface area contributed by atoms with Crippen LogP contribution in [-0.4, -0.2) is 41.0 Å². The van der Waals surface area contributed by atoms with Gasteiger partial charge in [0.15, 0.2) is 0 Å². The lowest BCUT2D eigenvalue weighted by molar-refractivity contribution is 0.0495. The van der Waals surface area contributed by atoms with Gasteiger partial charge in [-0.1, -0.05) is 6.92 Å². The third-order valence-corrected chi connectivity index (χ3v) is 3.76. The number of isothiocyanates is 1. The van der Waals surface area contributed by atoms with Crippen LogP contribution in [0.3, 0.4) is 0 Å². The van der Waals surface area contributed by atoms with Gasteiger partial charge in [0.25, 0.3) is 0 Å². The van der Waals surface area contributed by atoms with Crippen LogP contribution in [0.25, 0.3) is 0 Å². The summed E-state index contributed by atoms with van der Waals surface area (Å²) in [6.07, 6.45) is 3.93. The molecule has 1 N–H and O–H groups in total. The average molecular weight is 348 g/mol. The highest BCUT2D eigenvalue weighted by Gasteiger charge is 2.28. The van der Waals surface area contributed by atoms with Crippen molar-refractivity contribution in [2.24, 2.45) is 10.9 Å². The van der Waals surface area contributed by atoms with Gasteiger partial charge in [0, 0.05) is 25.3 Å². The summed E-state index contributed by atoms with van der Waals surface area (Å²) in [5.74, 6) is 0.427. The van der Waals surface area contributed by atoms with Crippen LogP contribution >= 0.6 is 12.2 Å². The predicted octanol–water partition coefficient (Wildman–Crippen LogP) is 3.56. The van der Waals surface area contributed by atoms with Gasteiger partial charge in [-0.3, -0.25) is 4.98 Å². The second-order valence-electron chi connectivity index (χ2n) is 7.16. The number of ether oxygens (including phenoxy) is 1. The molecule has 2 atom stereocenters. The maximum Gasteiger partial charge on any atom is 0.407 e. The van der Waals surface area contributed by atoms with E-state index in [1.165, 1.54) is 0 Å². The van der Waals surface area contributed by atoms with E-state index in [-0.39, 0.29) is 12.1 Å². The molecule has 0 unspecified atom stereocenters. The molecule has 0 spiro atoms. The number of pyridine rings is 1. The number of piperidine rings is 1. The van der Waals surface area contributed by atoms with E-state index in [2.05, 4.69) is 32.3 Å². The fraction of sp³-hybridized carbons (Fsp3) is 0.588. The van der Waals surface area contributed by atoms with E-state index in [0.29, 0.717) is 18.2 Å². The van der Waals surface area contributed by atoms with Gasteiger partial charge in [-0.15, -0.1) is 0 Å². The number of nitrogens with one attached hydrogen (secondary N) is 1. The summed E-state index contributed by atoms with van der Waals surface area (Å²) >= 11 is 4.71. The molecule has 1 aliphatic heterocycles. The Morgan fingerprint density at radius 3 is 2.92 bits per heavy atom. The molecule has 0 bridgehead atoms. The van der Waals surface area contributed by atoms with E-state index in [9.17, 15) is 4.79 Å². The molecular weight excluding hydrogens is 324 g/mol. The minimum absolute atomic E-state index is 0.0149. The van der Waals surface area contributed by atoms with Gasteiger partial charge in [-0.25, -0.2) is 4.79 Å². The third-order valence-electron chi connectivity index (χ3n) is 3.67. The number of carbonyl (C=O) groups is 1. The summed E-state index contributed by atoms with van der Waals surface area (Å²) in [6.45, 7) is 9.31. The van der Waals surface area contributed by atoms with Crippen LogP contribution in [-0.2, 0) is 4.74 Å².